The first-order valence-electron chi connectivity index (χ1n) is 8.36. The summed E-state index contributed by atoms with van der Waals surface area (Å²) in [6.45, 7) is 14.1. The number of rotatable bonds is 6. The van der Waals surface area contributed by atoms with Crippen LogP contribution in [-0.2, 0) is 14.4 Å². The van der Waals surface area contributed by atoms with Crippen molar-refractivity contribution in [3.8, 4) is 12.1 Å². The van der Waals surface area contributed by atoms with E-state index < -0.39 is 28.7 Å². The fourth-order valence-corrected chi connectivity index (χ4v) is 3.00. The van der Waals surface area contributed by atoms with Crippen LogP contribution in [0.3, 0.4) is 0 Å². The molecule has 0 amide bonds. The lowest BCUT2D eigenvalue weighted by molar-refractivity contribution is -0.292. The molecule has 0 aromatic carbocycles. The lowest BCUT2D eigenvalue weighted by Crippen LogP contribution is -2.61. The minimum absolute atomic E-state index is 0.507. The van der Waals surface area contributed by atoms with Gasteiger partial charge in [0, 0.05) is 12.8 Å². The zero-order valence-corrected chi connectivity index (χ0v) is 15.6. The molecule has 0 aliphatic heterocycles. The molecule has 0 bridgehead atoms. The highest BCUT2D eigenvalue weighted by atomic mass is 16.7. The van der Waals surface area contributed by atoms with Crippen molar-refractivity contribution >= 4 is 5.97 Å². The summed E-state index contributed by atoms with van der Waals surface area (Å²) < 4.78 is 4.91. The van der Waals surface area contributed by atoms with E-state index >= 15 is 0 Å². The average Bonchev–Trinajstić information content (AvgIpc) is 2.61. The zero-order chi connectivity index (χ0) is 19.3. The number of esters is 1. The molecule has 1 unspecified atom stereocenters. The number of methoxy groups -OCH3 is 1. The number of carbonyl (C=O) groups is 1. The molecule has 0 radical (unpaired) electrons. The van der Waals surface area contributed by atoms with Crippen LogP contribution in [0, 0.1) is 34.6 Å². The summed E-state index contributed by atoms with van der Waals surface area (Å²) in [5, 5.41) is 20.3. The van der Waals surface area contributed by atoms with Crippen LogP contribution in [0.4, 0.5) is 0 Å². The number of hydrogen-bond donors (Lipinski definition) is 0. The first-order chi connectivity index (χ1) is 11.6. The van der Waals surface area contributed by atoms with Gasteiger partial charge in [-0.25, -0.2) is 6.57 Å². The molecule has 1 aliphatic rings. The Labute approximate surface area is 149 Å². The minimum atomic E-state index is -1.26. The van der Waals surface area contributed by atoms with Crippen LogP contribution in [0.5, 0.6) is 0 Å². The number of carbonyl (C=O) groups excluding carboxylic acids is 1. The molecule has 0 saturated heterocycles. The Morgan fingerprint density at radius 1 is 1.20 bits per heavy atom. The smallest absolute Gasteiger partial charge is 0.327 e. The lowest BCUT2D eigenvalue weighted by atomic mass is 9.81. The summed E-state index contributed by atoms with van der Waals surface area (Å²) in [4.78, 5) is 22.3. The summed E-state index contributed by atoms with van der Waals surface area (Å²) in [6, 6.07) is 3.02. The highest BCUT2D eigenvalue weighted by molar-refractivity contribution is 5.77. The van der Waals surface area contributed by atoms with Gasteiger partial charge in [-0.15, -0.1) is 0 Å². The Morgan fingerprint density at radius 3 is 2.16 bits per heavy atom. The number of nitriles is 2. The van der Waals surface area contributed by atoms with E-state index in [-0.39, 0.29) is 0 Å². The Morgan fingerprint density at radius 2 is 1.76 bits per heavy atom. The third-order valence-electron chi connectivity index (χ3n) is 4.50. The molecular weight excluding hydrogens is 320 g/mol. The Balaban J connectivity index is 3.52. The molecule has 1 rings (SSSR count). The number of hydrogen-bond acceptors (Lipinski definition) is 6. The molecule has 7 heteroatoms. The summed E-state index contributed by atoms with van der Waals surface area (Å²) >= 11 is 0. The normalized spacial score (nSPS) is 18.5. The second-order valence-electron chi connectivity index (χ2n) is 7.45. The van der Waals surface area contributed by atoms with Gasteiger partial charge in [0.05, 0.1) is 24.7 Å². The van der Waals surface area contributed by atoms with Gasteiger partial charge in [-0.05, 0) is 40.5 Å². The Bertz CT molecular complexity index is 616. The van der Waals surface area contributed by atoms with Gasteiger partial charge in [-0.2, -0.15) is 10.5 Å². The van der Waals surface area contributed by atoms with Gasteiger partial charge in [0.25, 0.3) is 0 Å². The topological polar surface area (TPSA) is 90.7 Å². The monoisotopic (exact) mass is 346 g/mol. The summed E-state index contributed by atoms with van der Waals surface area (Å²) in [5.41, 5.74) is -3.53. The standard InChI is InChI=1S/C18H26N4O3/c1-16(2,12-19)14(15(23)24-6)22(25-17(3,4)13-20)18(21-5)10-8-7-9-11-18/h14H,7-11H2,1-4,6H3. The van der Waals surface area contributed by atoms with Crippen LogP contribution in [0.1, 0.15) is 59.8 Å². The lowest BCUT2D eigenvalue weighted by Gasteiger charge is -2.44. The molecule has 7 nitrogen and oxygen atoms in total. The fraction of sp³-hybridized carbons (Fsp3) is 0.778. The fourth-order valence-electron chi connectivity index (χ4n) is 3.00. The second-order valence-corrected chi connectivity index (χ2v) is 7.45. The maximum atomic E-state index is 12.6. The highest BCUT2D eigenvalue weighted by Gasteiger charge is 2.57. The van der Waals surface area contributed by atoms with Crippen molar-refractivity contribution in [1.29, 1.82) is 10.5 Å². The van der Waals surface area contributed by atoms with Crippen LogP contribution in [0.2, 0.25) is 0 Å². The Kier molecular flexibility index (Phi) is 6.54. The van der Waals surface area contributed by atoms with Crippen LogP contribution in [-0.4, -0.2) is 35.4 Å². The average molecular weight is 346 g/mol. The molecule has 0 N–H and O–H groups in total. The van der Waals surface area contributed by atoms with Gasteiger partial charge in [0.1, 0.15) is 0 Å². The molecular formula is C18H26N4O3. The van der Waals surface area contributed by atoms with Gasteiger partial charge >= 0.3 is 11.6 Å². The number of ether oxygens (including phenoxy) is 1. The molecule has 25 heavy (non-hydrogen) atoms. The SMILES string of the molecule is [C-]#[N+]C1(N(OC(C)(C)C#N)C(C(=O)OC)C(C)(C)C#N)CCCCC1. The summed E-state index contributed by atoms with van der Waals surface area (Å²) in [6.07, 6.45) is 3.64. The van der Waals surface area contributed by atoms with Crippen molar-refractivity contribution in [3.05, 3.63) is 11.4 Å². The first-order valence-corrected chi connectivity index (χ1v) is 8.36. The molecule has 1 saturated carbocycles. The molecule has 1 fully saturated rings. The van der Waals surface area contributed by atoms with E-state index in [0.717, 1.165) is 19.3 Å². The van der Waals surface area contributed by atoms with E-state index in [1.807, 2.05) is 6.07 Å². The highest BCUT2D eigenvalue weighted by Crippen LogP contribution is 2.41. The second kappa shape index (κ2) is 7.83. The third kappa shape index (κ3) is 4.48. The van der Waals surface area contributed by atoms with Crippen LogP contribution >= 0.6 is 0 Å². The van der Waals surface area contributed by atoms with Crippen molar-refractivity contribution in [2.75, 3.05) is 7.11 Å². The third-order valence-corrected chi connectivity index (χ3v) is 4.50. The molecule has 1 aliphatic carbocycles. The molecule has 0 aromatic heterocycles. The maximum absolute atomic E-state index is 12.6. The van der Waals surface area contributed by atoms with Crippen molar-refractivity contribution in [3.63, 3.8) is 0 Å². The van der Waals surface area contributed by atoms with E-state index in [1.54, 1.807) is 27.7 Å². The van der Waals surface area contributed by atoms with E-state index in [4.69, 9.17) is 16.1 Å². The molecule has 0 spiro atoms. The van der Waals surface area contributed by atoms with Crippen molar-refractivity contribution in [1.82, 2.24) is 5.06 Å². The maximum Gasteiger partial charge on any atom is 0.327 e. The van der Waals surface area contributed by atoms with Crippen molar-refractivity contribution in [2.24, 2.45) is 5.41 Å². The summed E-state index contributed by atoms with van der Waals surface area (Å²) in [5.74, 6) is -0.658. The van der Waals surface area contributed by atoms with Crippen LogP contribution in [0.15, 0.2) is 0 Å². The molecule has 1 atom stereocenters. The van der Waals surface area contributed by atoms with E-state index in [9.17, 15) is 15.3 Å². The predicted octanol–water partition coefficient (Wildman–Crippen LogP) is 3.19. The Hall–Kier alpha value is -2.14. The molecule has 0 heterocycles. The predicted molar refractivity (Wildman–Crippen MR) is 90.2 cm³/mol. The van der Waals surface area contributed by atoms with Crippen molar-refractivity contribution in [2.45, 2.75) is 77.1 Å². The summed E-state index contributed by atoms with van der Waals surface area (Å²) in [7, 11) is 1.24. The van der Waals surface area contributed by atoms with Gasteiger partial charge in [0.2, 0.25) is 0 Å². The van der Waals surface area contributed by atoms with Gasteiger partial charge in [0.15, 0.2) is 11.6 Å². The van der Waals surface area contributed by atoms with E-state index in [2.05, 4.69) is 10.9 Å². The van der Waals surface area contributed by atoms with E-state index in [0.29, 0.717) is 12.8 Å². The number of nitrogens with zero attached hydrogens (tertiary/aromatic N) is 4. The minimum Gasteiger partial charge on any atom is -0.468 e. The van der Waals surface area contributed by atoms with Crippen LogP contribution < -0.4 is 0 Å². The van der Waals surface area contributed by atoms with E-state index in [1.165, 1.54) is 12.2 Å². The van der Waals surface area contributed by atoms with Gasteiger partial charge in [-0.3, -0.25) is 14.5 Å². The largest absolute Gasteiger partial charge is 0.468 e. The van der Waals surface area contributed by atoms with Gasteiger partial charge < -0.3 is 4.74 Å². The quantitative estimate of drug-likeness (QED) is 0.417. The van der Waals surface area contributed by atoms with Gasteiger partial charge in [-0.1, -0.05) is 11.5 Å². The van der Waals surface area contributed by atoms with Crippen LogP contribution in [0.25, 0.3) is 4.85 Å². The molecule has 0 aromatic rings. The molecule has 136 valence electrons. The first kappa shape index (κ1) is 20.9. The van der Waals surface area contributed by atoms with Crippen molar-refractivity contribution < 1.29 is 14.4 Å². The number of hydroxylamine groups is 2. The zero-order valence-electron chi connectivity index (χ0n) is 15.6.